The molecule has 5 heteroatoms. The van der Waals surface area contributed by atoms with E-state index in [0.29, 0.717) is 0 Å². The molecular formula is C13H21BrN2OS. The molecule has 0 aliphatic carbocycles. The van der Waals surface area contributed by atoms with Crippen LogP contribution in [0.3, 0.4) is 0 Å². The molecule has 2 rings (SSSR count). The lowest BCUT2D eigenvalue weighted by Gasteiger charge is -2.41. The zero-order valence-electron chi connectivity index (χ0n) is 11.0. The van der Waals surface area contributed by atoms with Gasteiger partial charge in [-0.2, -0.15) is 0 Å². The van der Waals surface area contributed by atoms with Crippen LogP contribution in [0.15, 0.2) is 15.9 Å². The predicted molar refractivity (Wildman–Crippen MR) is 80.2 cm³/mol. The molecule has 0 unspecified atom stereocenters. The molecule has 3 nitrogen and oxygen atoms in total. The third kappa shape index (κ3) is 4.03. The van der Waals surface area contributed by atoms with E-state index in [1.807, 2.05) is 0 Å². The Morgan fingerprint density at radius 2 is 2.11 bits per heavy atom. The van der Waals surface area contributed by atoms with E-state index >= 15 is 0 Å². The van der Waals surface area contributed by atoms with Gasteiger partial charge >= 0.3 is 0 Å². The van der Waals surface area contributed by atoms with Crippen molar-refractivity contribution < 1.29 is 4.74 Å². The number of nitrogens with one attached hydrogen (secondary N) is 1. The molecule has 1 aromatic rings. The lowest BCUT2D eigenvalue weighted by Crippen LogP contribution is -2.54. The van der Waals surface area contributed by atoms with Gasteiger partial charge in [-0.25, -0.2) is 0 Å². The van der Waals surface area contributed by atoms with Crippen molar-refractivity contribution in [2.45, 2.75) is 25.9 Å². The van der Waals surface area contributed by atoms with E-state index in [4.69, 9.17) is 4.74 Å². The summed E-state index contributed by atoms with van der Waals surface area (Å²) < 4.78 is 6.61. The van der Waals surface area contributed by atoms with Crippen LogP contribution >= 0.6 is 27.3 Å². The molecular weight excluding hydrogens is 312 g/mol. The van der Waals surface area contributed by atoms with Crippen LogP contribution in [0.25, 0.3) is 0 Å². The molecule has 0 radical (unpaired) electrons. The summed E-state index contributed by atoms with van der Waals surface area (Å²) in [5.41, 5.74) is 0.193. The molecule has 1 saturated heterocycles. The zero-order chi connectivity index (χ0) is 13.0. The highest BCUT2D eigenvalue weighted by Crippen LogP contribution is 2.22. The Morgan fingerprint density at radius 1 is 1.39 bits per heavy atom. The van der Waals surface area contributed by atoms with E-state index in [0.717, 1.165) is 39.4 Å². The first-order chi connectivity index (χ1) is 8.58. The normalized spacial score (nSPS) is 18.2. The van der Waals surface area contributed by atoms with Crippen LogP contribution in [0.4, 0.5) is 0 Å². The van der Waals surface area contributed by atoms with Crippen molar-refractivity contribution in [3.8, 4) is 0 Å². The van der Waals surface area contributed by atoms with Gasteiger partial charge in [0.05, 0.1) is 17.0 Å². The van der Waals surface area contributed by atoms with E-state index in [1.165, 1.54) is 8.66 Å². The van der Waals surface area contributed by atoms with Crippen molar-refractivity contribution in [1.29, 1.82) is 0 Å². The summed E-state index contributed by atoms with van der Waals surface area (Å²) in [6.07, 6.45) is 0. The van der Waals surface area contributed by atoms with Crippen molar-refractivity contribution in [3.05, 3.63) is 20.8 Å². The molecule has 1 fully saturated rings. The Labute approximate surface area is 122 Å². The SMILES string of the molecule is CC(C)(CNCc1ccc(Br)s1)N1CCOCC1. The average Bonchev–Trinajstić information content (AvgIpc) is 2.76. The highest BCUT2D eigenvalue weighted by atomic mass is 79.9. The maximum atomic E-state index is 5.41. The Bertz CT molecular complexity index is 375. The van der Waals surface area contributed by atoms with Crippen LogP contribution in [0.1, 0.15) is 18.7 Å². The van der Waals surface area contributed by atoms with Crippen molar-refractivity contribution in [2.24, 2.45) is 0 Å². The van der Waals surface area contributed by atoms with Gasteiger partial charge in [-0.15, -0.1) is 11.3 Å². The van der Waals surface area contributed by atoms with Crippen molar-refractivity contribution in [1.82, 2.24) is 10.2 Å². The second-order valence-electron chi connectivity index (χ2n) is 5.22. The standard InChI is InChI=1S/C13H21BrN2OS/c1-13(2,16-5-7-17-8-6-16)10-15-9-11-3-4-12(14)18-11/h3-4,15H,5-10H2,1-2H3. The van der Waals surface area contributed by atoms with Gasteiger partial charge in [-0.1, -0.05) is 0 Å². The van der Waals surface area contributed by atoms with Gasteiger partial charge in [0.2, 0.25) is 0 Å². The molecule has 18 heavy (non-hydrogen) atoms. The first kappa shape index (κ1) is 14.5. The largest absolute Gasteiger partial charge is 0.379 e. The van der Waals surface area contributed by atoms with E-state index in [2.05, 4.69) is 52.1 Å². The Balaban J connectivity index is 1.77. The number of halogens is 1. The molecule has 102 valence electrons. The van der Waals surface area contributed by atoms with Gasteiger partial charge < -0.3 is 10.1 Å². The number of thiophene rings is 1. The minimum atomic E-state index is 0.193. The average molecular weight is 333 g/mol. The molecule has 0 amide bonds. The van der Waals surface area contributed by atoms with E-state index in [9.17, 15) is 0 Å². The summed E-state index contributed by atoms with van der Waals surface area (Å²) in [5, 5.41) is 3.56. The zero-order valence-corrected chi connectivity index (χ0v) is 13.4. The third-order valence-electron chi connectivity index (χ3n) is 3.35. The number of morpholine rings is 1. The maximum Gasteiger partial charge on any atom is 0.0701 e. The van der Waals surface area contributed by atoms with Crippen LogP contribution in [-0.4, -0.2) is 43.3 Å². The lowest BCUT2D eigenvalue weighted by molar-refractivity contribution is -0.00965. The van der Waals surface area contributed by atoms with Gasteiger partial charge in [0.25, 0.3) is 0 Å². The van der Waals surface area contributed by atoms with Gasteiger partial charge in [-0.3, -0.25) is 4.90 Å². The van der Waals surface area contributed by atoms with E-state index < -0.39 is 0 Å². The molecule has 0 atom stereocenters. The van der Waals surface area contributed by atoms with Crippen LogP contribution < -0.4 is 5.32 Å². The van der Waals surface area contributed by atoms with Crippen molar-refractivity contribution in [2.75, 3.05) is 32.8 Å². The summed E-state index contributed by atoms with van der Waals surface area (Å²) in [6, 6.07) is 4.28. The highest BCUT2D eigenvalue weighted by molar-refractivity contribution is 9.11. The van der Waals surface area contributed by atoms with Crippen molar-refractivity contribution in [3.63, 3.8) is 0 Å². The van der Waals surface area contributed by atoms with Crippen molar-refractivity contribution >= 4 is 27.3 Å². The number of hydrogen-bond acceptors (Lipinski definition) is 4. The molecule has 1 aliphatic rings. The molecule has 0 aromatic carbocycles. The fourth-order valence-electron chi connectivity index (χ4n) is 2.22. The van der Waals surface area contributed by atoms with E-state index in [1.54, 1.807) is 11.3 Å². The summed E-state index contributed by atoms with van der Waals surface area (Å²) in [6.45, 7) is 10.4. The van der Waals surface area contributed by atoms with E-state index in [-0.39, 0.29) is 5.54 Å². The molecule has 0 spiro atoms. The van der Waals surface area contributed by atoms with Crippen LogP contribution in [0.2, 0.25) is 0 Å². The van der Waals surface area contributed by atoms with Crippen LogP contribution in [0, 0.1) is 0 Å². The lowest BCUT2D eigenvalue weighted by atomic mass is 10.0. The molecule has 0 saturated carbocycles. The van der Waals surface area contributed by atoms with Crippen LogP contribution in [0.5, 0.6) is 0 Å². The van der Waals surface area contributed by atoms with Gasteiger partial charge in [0, 0.05) is 36.6 Å². The fraction of sp³-hybridized carbons (Fsp3) is 0.692. The summed E-state index contributed by atoms with van der Waals surface area (Å²) in [5.74, 6) is 0. The second-order valence-corrected chi connectivity index (χ2v) is 7.77. The minimum absolute atomic E-state index is 0.193. The van der Waals surface area contributed by atoms with Gasteiger partial charge in [-0.05, 0) is 41.9 Å². The molecule has 1 aromatic heterocycles. The smallest absolute Gasteiger partial charge is 0.0701 e. The number of nitrogens with zero attached hydrogens (tertiary/aromatic N) is 1. The van der Waals surface area contributed by atoms with Gasteiger partial charge in [0.1, 0.15) is 0 Å². The topological polar surface area (TPSA) is 24.5 Å². The summed E-state index contributed by atoms with van der Waals surface area (Å²) >= 11 is 5.29. The Kier molecular flexibility index (Phi) is 5.21. The maximum absolute atomic E-state index is 5.41. The fourth-order valence-corrected chi connectivity index (χ4v) is 3.67. The quantitative estimate of drug-likeness (QED) is 0.897. The molecule has 2 heterocycles. The Morgan fingerprint density at radius 3 is 2.72 bits per heavy atom. The number of rotatable bonds is 5. The molecule has 1 N–H and O–H groups in total. The van der Waals surface area contributed by atoms with Crippen LogP contribution in [-0.2, 0) is 11.3 Å². The predicted octanol–water partition coefficient (Wildman–Crippen LogP) is 2.71. The molecule has 0 bridgehead atoms. The number of ether oxygens (including phenoxy) is 1. The first-order valence-electron chi connectivity index (χ1n) is 6.36. The first-order valence-corrected chi connectivity index (χ1v) is 7.97. The third-order valence-corrected chi connectivity index (χ3v) is 4.98. The highest BCUT2D eigenvalue weighted by Gasteiger charge is 2.27. The monoisotopic (exact) mass is 332 g/mol. The molecule has 1 aliphatic heterocycles. The Hall–Kier alpha value is 0.0600. The minimum Gasteiger partial charge on any atom is -0.379 e. The van der Waals surface area contributed by atoms with Gasteiger partial charge in [0.15, 0.2) is 0 Å². The summed E-state index contributed by atoms with van der Waals surface area (Å²) in [7, 11) is 0. The second kappa shape index (κ2) is 6.48. The summed E-state index contributed by atoms with van der Waals surface area (Å²) in [4.78, 5) is 3.88. The number of hydrogen-bond donors (Lipinski definition) is 1.